The van der Waals surface area contributed by atoms with Gasteiger partial charge in [0.1, 0.15) is 3.53 Å². The average Bonchev–Trinajstić information content (AvgIpc) is 2.04. The van der Waals surface area contributed by atoms with Gasteiger partial charge in [-0.2, -0.15) is 0 Å². The molecule has 1 aromatic rings. The summed E-state index contributed by atoms with van der Waals surface area (Å²) in [4.78, 5) is 1.22. The van der Waals surface area contributed by atoms with Crippen LogP contribution in [0.5, 0.6) is 0 Å². The lowest BCUT2D eigenvalue weighted by atomic mass is 10.4. The zero-order valence-electron chi connectivity index (χ0n) is 7.69. The van der Waals surface area contributed by atoms with Gasteiger partial charge in [0.05, 0.1) is 0 Å². The predicted molar refractivity (Wildman–Crippen MR) is 67.6 cm³/mol. The van der Waals surface area contributed by atoms with Crippen LogP contribution < -0.4 is 0 Å². The van der Waals surface area contributed by atoms with Gasteiger partial charge in [0.15, 0.2) is 0 Å². The first-order valence-corrected chi connectivity index (χ1v) is 6.22. The van der Waals surface area contributed by atoms with Crippen LogP contribution in [0.25, 0.3) is 0 Å². The maximum atomic E-state index is 5.24. The molecule has 3 heteroatoms. The molecule has 0 fully saturated rings. The molecule has 0 radical (unpaired) electrons. The van der Waals surface area contributed by atoms with Crippen molar-refractivity contribution in [2.75, 3.05) is 0 Å². The summed E-state index contributed by atoms with van der Waals surface area (Å²) >= 11 is 8.65. The minimum absolute atomic E-state index is 0.573. The first-order chi connectivity index (χ1) is 6.18. The van der Waals surface area contributed by atoms with Crippen molar-refractivity contribution in [1.82, 2.24) is 0 Å². The lowest BCUT2D eigenvalue weighted by Crippen LogP contribution is -1.90. The fourth-order valence-electron chi connectivity index (χ4n) is 0.801. The number of hydrogen-bond donors (Lipinski definition) is 0. The first-order valence-electron chi connectivity index (χ1n) is 4.12. The number of rotatable bonds is 2. The van der Waals surface area contributed by atoms with E-state index in [1.165, 1.54) is 4.90 Å². The Balaban J connectivity index is 2.46. The quantitative estimate of drug-likeness (QED) is 0.550. The van der Waals surface area contributed by atoms with Gasteiger partial charge in [-0.1, -0.05) is 56.0 Å². The van der Waals surface area contributed by atoms with Gasteiger partial charge in [-0.05, 0) is 12.1 Å². The Kier molecular flexibility index (Phi) is 4.84. The molecule has 0 atom stereocenters. The summed E-state index contributed by atoms with van der Waals surface area (Å²) in [6, 6.07) is 10.2. The highest BCUT2D eigenvalue weighted by Gasteiger charge is 2.02. The molecule has 0 aliphatic heterocycles. The van der Waals surface area contributed by atoms with E-state index >= 15 is 0 Å². The van der Waals surface area contributed by atoms with Crippen molar-refractivity contribution in [1.29, 1.82) is 0 Å². The Morgan fingerprint density at radius 3 is 2.38 bits per heavy atom. The monoisotopic (exact) mass is 228 g/mol. The fourth-order valence-corrected chi connectivity index (χ4v) is 3.60. The highest BCUT2D eigenvalue weighted by molar-refractivity contribution is 8.47. The van der Waals surface area contributed by atoms with Crippen molar-refractivity contribution in [3.8, 4) is 0 Å². The highest BCUT2D eigenvalue weighted by Crippen LogP contribution is 2.27. The first kappa shape index (κ1) is 11.1. The van der Waals surface area contributed by atoms with E-state index in [0.29, 0.717) is 5.25 Å². The molecule has 0 spiro atoms. The van der Waals surface area contributed by atoms with E-state index < -0.39 is 0 Å². The predicted octanol–water partition coefficient (Wildman–Crippen LogP) is 4.21. The third kappa shape index (κ3) is 4.69. The van der Waals surface area contributed by atoms with Crippen LogP contribution in [0.4, 0.5) is 0 Å². The summed E-state index contributed by atoms with van der Waals surface area (Å²) < 4.78 is 1.00. The molecule has 0 N–H and O–H groups in total. The minimum atomic E-state index is 0.573. The molecule has 13 heavy (non-hydrogen) atoms. The van der Waals surface area contributed by atoms with Crippen LogP contribution >= 0.6 is 35.7 Å². The summed E-state index contributed by atoms with van der Waals surface area (Å²) in [5.41, 5.74) is 0. The smallest absolute Gasteiger partial charge is 0.105 e. The molecule has 0 bridgehead atoms. The Bertz CT molecular complexity index is 267. The third-order valence-corrected chi connectivity index (χ3v) is 3.69. The van der Waals surface area contributed by atoms with Gasteiger partial charge < -0.3 is 0 Å². The van der Waals surface area contributed by atoms with E-state index in [1.54, 1.807) is 23.5 Å². The van der Waals surface area contributed by atoms with Crippen LogP contribution in [-0.2, 0) is 0 Å². The second-order valence-corrected chi connectivity index (χ2v) is 6.69. The second kappa shape index (κ2) is 5.68. The molecular formula is C10H12S3. The molecule has 0 aliphatic carbocycles. The van der Waals surface area contributed by atoms with E-state index in [4.69, 9.17) is 12.2 Å². The largest absolute Gasteiger partial charge is 0.109 e. The average molecular weight is 228 g/mol. The second-order valence-electron chi connectivity index (χ2n) is 2.83. The lowest BCUT2D eigenvalue weighted by molar-refractivity contribution is 1.12. The summed E-state index contributed by atoms with van der Waals surface area (Å²) in [6.07, 6.45) is 0. The highest BCUT2D eigenvalue weighted by atomic mass is 32.2. The van der Waals surface area contributed by atoms with Crippen LogP contribution in [-0.4, -0.2) is 8.78 Å². The number of thioether (sulfide) groups is 2. The zero-order chi connectivity index (χ0) is 9.68. The van der Waals surface area contributed by atoms with Crippen molar-refractivity contribution >= 4 is 39.3 Å². The summed E-state index contributed by atoms with van der Waals surface area (Å²) in [6.45, 7) is 4.31. The van der Waals surface area contributed by atoms with Crippen molar-refractivity contribution in [2.24, 2.45) is 0 Å². The van der Waals surface area contributed by atoms with E-state index in [0.717, 1.165) is 3.53 Å². The van der Waals surface area contributed by atoms with Crippen LogP contribution in [0.2, 0.25) is 0 Å². The fraction of sp³-hybridized carbons (Fsp3) is 0.300. The molecular weight excluding hydrogens is 216 g/mol. The van der Waals surface area contributed by atoms with Crippen LogP contribution in [0.15, 0.2) is 35.2 Å². The Hall–Kier alpha value is 0.01000. The van der Waals surface area contributed by atoms with Crippen molar-refractivity contribution in [2.45, 2.75) is 24.0 Å². The SMILES string of the molecule is CC(C)SC(=S)Sc1ccccc1. The molecule has 0 unspecified atom stereocenters. The molecule has 0 aliphatic rings. The Morgan fingerprint density at radius 2 is 1.85 bits per heavy atom. The van der Waals surface area contributed by atoms with Crippen LogP contribution in [0, 0.1) is 0 Å². The van der Waals surface area contributed by atoms with E-state index in [2.05, 4.69) is 26.0 Å². The molecule has 1 rings (SSSR count). The topological polar surface area (TPSA) is 0 Å². The van der Waals surface area contributed by atoms with Crippen LogP contribution in [0.1, 0.15) is 13.8 Å². The molecule has 0 nitrogen and oxygen atoms in total. The van der Waals surface area contributed by atoms with Gasteiger partial charge in [0.25, 0.3) is 0 Å². The number of thiocarbonyl (C=S) groups is 1. The summed E-state index contributed by atoms with van der Waals surface area (Å²) in [5, 5.41) is 0.573. The Morgan fingerprint density at radius 1 is 1.23 bits per heavy atom. The molecule has 0 aromatic heterocycles. The van der Waals surface area contributed by atoms with Gasteiger partial charge >= 0.3 is 0 Å². The normalized spacial score (nSPS) is 10.4. The van der Waals surface area contributed by atoms with Crippen LogP contribution in [0.3, 0.4) is 0 Å². The molecule has 0 heterocycles. The lowest BCUT2D eigenvalue weighted by Gasteiger charge is -2.05. The third-order valence-electron chi connectivity index (χ3n) is 1.28. The van der Waals surface area contributed by atoms with Crippen molar-refractivity contribution < 1.29 is 0 Å². The number of hydrogen-bond acceptors (Lipinski definition) is 3. The maximum absolute atomic E-state index is 5.24. The van der Waals surface area contributed by atoms with Gasteiger partial charge in [-0.3, -0.25) is 0 Å². The summed E-state index contributed by atoms with van der Waals surface area (Å²) in [5.74, 6) is 0. The molecule has 0 saturated carbocycles. The van der Waals surface area contributed by atoms with E-state index in [-0.39, 0.29) is 0 Å². The van der Waals surface area contributed by atoms with Crippen molar-refractivity contribution in [3.05, 3.63) is 30.3 Å². The molecule has 0 amide bonds. The van der Waals surface area contributed by atoms with Gasteiger partial charge in [-0.15, -0.1) is 11.8 Å². The molecule has 70 valence electrons. The van der Waals surface area contributed by atoms with Gasteiger partial charge in [0, 0.05) is 10.1 Å². The van der Waals surface area contributed by atoms with E-state index in [9.17, 15) is 0 Å². The molecule has 1 aromatic carbocycles. The number of benzene rings is 1. The minimum Gasteiger partial charge on any atom is -0.105 e. The Labute approximate surface area is 93.5 Å². The standard InChI is InChI=1S/C10H12S3/c1-8(2)12-10(11)13-9-6-4-3-5-7-9/h3-8H,1-2H3. The maximum Gasteiger partial charge on any atom is 0.109 e. The van der Waals surface area contributed by atoms with Gasteiger partial charge in [-0.25, -0.2) is 0 Å². The summed E-state index contributed by atoms with van der Waals surface area (Å²) in [7, 11) is 0. The zero-order valence-corrected chi connectivity index (χ0v) is 10.1. The molecule has 0 saturated heterocycles. The van der Waals surface area contributed by atoms with Crippen molar-refractivity contribution in [3.63, 3.8) is 0 Å². The van der Waals surface area contributed by atoms with Gasteiger partial charge in [0.2, 0.25) is 0 Å². The van der Waals surface area contributed by atoms with E-state index in [1.807, 2.05) is 18.2 Å².